The van der Waals surface area contributed by atoms with Crippen molar-refractivity contribution in [2.24, 2.45) is 0 Å². The quantitative estimate of drug-likeness (QED) is 0.611. The van der Waals surface area contributed by atoms with E-state index < -0.39 is 18.9 Å². The predicted molar refractivity (Wildman–Crippen MR) is 88.9 cm³/mol. The Kier molecular flexibility index (Phi) is 7.01. The molecule has 0 heterocycles. The zero-order chi connectivity index (χ0) is 14.3. The molecule has 0 amide bonds. The molecule has 0 aliphatic carbocycles. The van der Waals surface area contributed by atoms with Gasteiger partial charge in [-0.05, 0) is 25.0 Å². The van der Waals surface area contributed by atoms with Gasteiger partial charge in [-0.25, -0.2) is 0 Å². The molecule has 0 saturated heterocycles. The predicted octanol–water partition coefficient (Wildman–Crippen LogP) is 5.08. The van der Waals surface area contributed by atoms with Gasteiger partial charge in [0, 0.05) is 18.2 Å². The number of hydrogen-bond acceptors (Lipinski definition) is 1. The van der Waals surface area contributed by atoms with Crippen LogP contribution in [0.1, 0.15) is 32.6 Å². The number of hydrogen-bond donors (Lipinski definition) is 0. The molecule has 0 aliphatic rings. The van der Waals surface area contributed by atoms with Crippen molar-refractivity contribution in [1.29, 1.82) is 0 Å². The lowest BCUT2D eigenvalue weighted by molar-refractivity contribution is 0.624. The molecule has 1 rings (SSSR count). The van der Waals surface area contributed by atoms with E-state index in [1.165, 1.54) is 18.9 Å². The van der Waals surface area contributed by atoms with Gasteiger partial charge >= 0.3 is 0 Å². The Morgan fingerprint density at radius 2 is 1.74 bits per heavy atom. The highest BCUT2D eigenvalue weighted by atomic mass is 32.2. The average molecular weight is 297 g/mol. The van der Waals surface area contributed by atoms with Gasteiger partial charge in [-0.15, -0.1) is 0 Å². The second-order valence-electron chi connectivity index (χ2n) is 6.47. The third-order valence-corrected chi connectivity index (χ3v) is 6.98. The van der Waals surface area contributed by atoms with Crippen molar-refractivity contribution in [2.45, 2.75) is 68.4 Å². The Balaban J connectivity index is 2.70. The fourth-order valence-electron chi connectivity index (χ4n) is 2.13. The van der Waals surface area contributed by atoms with Gasteiger partial charge in [0.05, 0.1) is 10.8 Å². The fourth-order valence-corrected chi connectivity index (χ4v) is 5.08. The second kappa shape index (κ2) is 8.00. The normalized spacial score (nSPS) is 15.2. The summed E-state index contributed by atoms with van der Waals surface area (Å²) in [5.41, 5.74) is 0. The average Bonchev–Trinajstić information content (AvgIpc) is 2.38. The molecule has 0 bridgehead atoms. The summed E-state index contributed by atoms with van der Waals surface area (Å²) in [5, 5.41) is 0.342. The first-order valence-electron chi connectivity index (χ1n) is 7.39. The van der Waals surface area contributed by atoms with Crippen LogP contribution in [0.2, 0.25) is 25.7 Å². The van der Waals surface area contributed by atoms with Gasteiger partial charge in [0.1, 0.15) is 0 Å². The topological polar surface area (TPSA) is 17.1 Å². The summed E-state index contributed by atoms with van der Waals surface area (Å²) in [6.07, 6.45) is 4.60. The van der Waals surface area contributed by atoms with Crippen LogP contribution in [0.3, 0.4) is 0 Å². The minimum absolute atomic E-state index is 0.342. The molecule has 2 unspecified atom stereocenters. The van der Waals surface area contributed by atoms with E-state index in [4.69, 9.17) is 0 Å². The Hall–Kier alpha value is -0.413. The molecule has 0 saturated carbocycles. The van der Waals surface area contributed by atoms with Crippen LogP contribution >= 0.6 is 0 Å². The van der Waals surface area contributed by atoms with Crippen LogP contribution in [-0.2, 0) is 10.8 Å². The van der Waals surface area contributed by atoms with Gasteiger partial charge in [-0.3, -0.25) is 4.21 Å². The maximum Gasteiger partial charge on any atom is 0.0560 e. The third kappa shape index (κ3) is 6.53. The van der Waals surface area contributed by atoms with Gasteiger partial charge in [0.15, 0.2) is 0 Å². The molecule has 0 fully saturated rings. The summed E-state index contributed by atoms with van der Waals surface area (Å²) in [5.74, 6) is 0. The van der Waals surface area contributed by atoms with Crippen LogP contribution < -0.4 is 0 Å². The minimum atomic E-state index is -1.04. The van der Waals surface area contributed by atoms with Crippen LogP contribution in [0.5, 0.6) is 0 Å². The lowest BCUT2D eigenvalue weighted by atomic mass is 10.2. The smallest absolute Gasteiger partial charge is 0.0560 e. The van der Waals surface area contributed by atoms with E-state index in [-0.39, 0.29) is 0 Å². The number of rotatable bonds is 8. The monoisotopic (exact) mass is 296 g/mol. The molecule has 0 radical (unpaired) electrons. The van der Waals surface area contributed by atoms with E-state index in [9.17, 15) is 4.21 Å². The highest BCUT2D eigenvalue weighted by molar-refractivity contribution is 7.85. The van der Waals surface area contributed by atoms with E-state index in [2.05, 4.69) is 26.6 Å². The van der Waals surface area contributed by atoms with E-state index in [0.717, 1.165) is 17.7 Å². The molecule has 2 atom stereocenters. The van der Waals surface area contributed by atoms with E-state index in [1.54, 1.807) is 0 Å². The van der Waals surface area contributed by atoms with Crippen molar-refractivity contribution in [3.05, 3.63) is 30.3 Å². The molecule has 1 nitrogen and oxygen atoms in total. The standard InChI is InChI=1S/C16H28OSSi/c1-5-6-10-16(13-14-19(2,3)4)18(17)15-11-8-7-9-12-15/h7-9,11-12,16H,5-6,10,13-14H2,1-4H3. The zero-order valence-electron chi connectivity index (χ0n) is 12.8. The van der Waals surface area contributed by atoms with Crippen LogP contribution in [-0.4, -0.2) is 17.5 Å². The van der Waals surface area contributed by atoms with Crippen molar-refractivity contribution < 1.29 is 4.21 Å². The van der Waals surface area contributed by atoms with Crippen molar-refractivity contribution in [3.8, 4) is 0 Å². The molecule has 1 aromatic carbocycles. The van der Waals surface area contributed by atoms with Crippen molar-refractivity contribution in [1.82, 2.24) is 0 Å². The molecule has 0 N–H and O–H groups in total. The minimum Gasteiger partial charge on any atom is -0.254 e. The van der Waals surface area contributed by atoms with Crippen LogP contribution in [0, 0.1) is 0 Å². The van der Waals surface area contributed by atoms with Crippen LogP contribution in [0.25, 0.3) is 0 Å². The van der Waals surface area contributed by atoms with Gasteiger partial charge < -0.3 is 0 Å². The highest BCUT2D eigenvalue weighted by Crippen LogP contribution is 2.23. The largest absolute Gasteiger partial charge is 0.254 e. The van der Waals surface area contributed by atoms with Crippen molar-refractivity contribution in [2.75, 3.05) is 0 Å². The molecule has 108 valence electrons. The van der Waals surface area contributed by atoms with E-state index >= 15 is 0 Å². The maximum atomic E-state index is 12.7. The first kappa shape index (κ1) is 16.6. The lowest BCUT2D eigenvalue weighted by Gasteiger charge is -2.21. The first-order valence-corrected chi connectivity index (χ1v) is 12.3. The molecular weight excluding hydrogens is 268 g/mol. The zero-order valence-corrected chi connectivity index (χ0v) is 14.6. The summed E-state index contributed by atoms with van der Waals surface area (Å²) in [7, 11) is -1.88. The van der Waals surface area contributed by atoms with Gasteiger partial charge in [-0.2, -0.15) is 0 Å². The summed E-state index contributed by atoms with van der Waals surface area (Å²) in [6.45, 7) is 9.40. The summed E-state index contributed by atoms with van der Waals surface area (Å²) < 4.78 is 12.7. The van der Waals surface area contributed by atoms with Gasteiger partial charge in [0.25, 0.3) is 0 Å². The summed E-state index contributed by atoms with van der Waals surface area (Å²) in [4.78, 5) is 0.999. The summed E-state index contributed by atoms with van der Waals surface area (Å²) >= 11 is 0. The van der Waals surface area contributed by atoms with Crippen molar-refractivity contribution >= 4 is 18.9 Å². The number of benzene rings is 1. The van der Waals surface area contributed by atoms with Crippen LogP contribution in [0.4, 0.5) is 0 Å². The van der Waals surface area contributed by atoms with Gasteiger partial charge in [0.2, 0.25) is 0 Å². The Labute approximate surface area is 122 Å². The second-order valence-corrected chi connectivity index (χ2v) is 13.8. The molecule has 19 heavy (non-hydrogen) atoms. The third-order valence-electron chi connectivity index (χ3n) is 3.37. The Morgan fingerprint density at radius 3 is 2.26 bits per heavy atom. The highest BCUT2D eigenvalue weighted by Gasteiger charge is 2.21. The first-order chi connectivity index (χ1) is 8.94. The molecule has 0 spiro atoms. The van der Waals surface area contributed by atoms with Crippen molar-refractivity contribution in [3.63, 3.8) is 0 Å². The number of unbranched alkanes of at least 4 members (excludes halogenated alkanes) is 1. The van der Waals surface area contributed by atoms with Gasteiger partial charge in [-0.1, -0.05) is 63.6 Å². The SMILES string of the molecule is CCCCC(CC[Si](C)(C)C)S(=O)c1ccccc1. The molecular formula is C16H28OSSi. The lowest BCUT2D eigenvalue weighted by Crippen LogP contribution is -2.24. The van der Waals surface area contributed by atoms with E-state index in [0.29, 0.717) is 5.25 Å². The molecule has 0 aromatic heterocycles. The van der Waals surface area contributed by atoms with Crippen LogP contribution in [0.15, 0.2) is 35.2 Å². The molecule has 3 heteroatoms. The van der Waals surface area contributed by atoms with E-state index in [1.807, 2.05) is 30.3 Å². The Morgan fingerprint density at radius 1 is 1.11 bits per heavy atom. The maximum absolute atomic E-state index is 12.7. The fraction of sp³-hybridized carbons (Fsp3) is 0.625. The Bertz CT molecular complexity index is 383. The summed E-state index contributed by atoms with van der Waals surface area (Å²) in [6, 6.07) is 11.3. The molecule has 0 aliphatic heterocycles. The molecule has 1 aromatic rings.